The van der Waals surface area contributed by atoms with Crippen molar-refractivity contribution >= 4 is 0 Å². The molecule has 0 amide bonds. The van der Waals surface area contributed by atoms with E-state index in [1.807, 2.05) is 13.8 Å². The maximum atomic E-state index is 10.5. The lowest BCUT2D eigenvalue weighted by molar-refractivity contribution is -0.0912. The molecule has 1 N–H and O–H groups in total. The lowest BCUT2D eigenvalue weighted by Crippen LogP contribution is -2.42. The second-order valence-corrected chi connectivity index (χ2v) is 7.23. The monoisotopic (exact) mass is 271 g/mol. The Morgan fingerprint density at radius 1 is 1.26 bits per heavy atom. The molecule has 2 saturated heterocycles. The van der Waals surface area contributed by atoms with E-state index in [9.17, 15) is 5.11 Å². The Balaban J connectivity index is 1.96. The molecular weight excluding hydrogens is 242 g/mol. The molecule has 0 aromatic heterocycles. The molecule has 0 aromatic carbocycles. The van der Waals surface area contributed by atoms with E-state index < -0.39 is 11.7 Å². The van der Waals surface area contributed by atoms with E-state index in [-0.39, 0.29) is 11.5 Å². The molecule has 0 aliphatic carbocycles. The van der Waals surface area contributed by atoms with Crippen LogP contribution in [0, 0.1) is 11.8 Å². The SMILES string of the molecule is COCC1CCN(CC2C(O)C(C)(C)OC2(C)C)C1. The predicted molar refractivity (Wildman–Crippen MR) is 75.2 cm³/mol. The van der Waals surface area contributed by atoms with Crippen LogP contribution in [0.5, 0.6) is 0 Å². The van der Waals surface area contributed by atoms with Crippen LogP contribution in [0.1, 0.15) is 34.1 Å². The Hall–Kier alpha value is -0.160. The molecular formula is C15H29NO3. The van der Waals surface area contributed by atoms with Crippen LogP contribution in [0.3, 0.4) is 0 Å². The van der Waals surface area contributed by atoms with Crippen LogP contribution in [0.15, 0.2) is 0 Å². The predicted octanol–water partition coefficient (Wildman–Crippen LogP) is 1.52. The Morgan fingerprint density at radius 3 is 2.47 bits per heavy atom. The van der Waals surface area contributed by atoms with E-state index in [0.29, 0.717) is 5.92 Å². The van der Waals surface area contributed by atoms with Crippen molar-refractivity contribution in [3.63, 3.8) is 0 Å². The number of nitrogens with zero attached hydrogens (tertiary/aromatic N) is 1. The molecule has 2 heterocycles. The molecule has 3 unspecified atom stereocenters. The first-order valence-corrected chi connectivity index (χ1v) is 7.36. The Kier molecular flexibility index (Phi) is 4.26. The minimum atomic E-state index is -0.445. The first kappa shape index (κ1) is 15.2. The molecule has 2 aliphatic rings. The molecule has 4 heteroatoms. The van der Waals surface area contributed by atoms with Gasteiger partial charge in [-0.3, -0.25) is 0 Å². The summed E-state index contributed by atoms with van der Waals surface area (Å²) >= 11 is 0. The second kappa shape index (κ2) is 5.32. The fraction of sp³-hybridized carbons (Fsp3) is 1.00. The van der Waals surface area contributed by atoms with Crippen LogP contribution in [-0.4, -0.2) is 60.7 Å². The van der Waals surface area contributed by atoms with E-state index in [0.717, 1.165) is 26.2 Å². The summed E-state index contributed by atoms with van der Waals surface area (Å²) in [7, 11) is 1.77. The summed E-state index contributed by atoms with van der Waals surface area (Å²) < 4.78 is 11.3. The van der Waals surface area contributed by atoms with Gasteiger partial charge in [0.05, 0.1) is 23.9 Å². The summed E-state index contributed by atoms with van der Waals surface area (Å²) in [5.41, 5.74) is -0.706. The van der Waals surface area contributed by atoms with Gasteiger partial charge in [0.15, 0.2) is 0 Å². The highest BCUT2D eigenvalue weighted by Gasteiger charge is 2.53. The zero-order chi connectivity index (χ0) is 14.3. The van der Waals surface area contributed by atoms with Crippen molar-refractivity contribution in [2.24, 2.45) is 11.8 Å². The van der Waals surface area contributed by atoms with Crippen LogP contribution in [0.25, 0.3) is 0 Å². The minimum absolute atomic E-state index is 0.170. The van der Waals surface area contributed by atoms with Crippen LogP contribution >= 0.6 is 0 Å². The average molecular weight is 271 g/mol. The molecule has 0 aromatic rings. The van der Waals surface area contributed by atoms with Crippen molar-refractivity contribution in [1.82, 2.24) is 4.90 Å². The molecule has 0 radical (unpaired) electrons. The number of hydrogen-bond acceptors (Lipinski definition) is 4. The minimum Gasteiger partial charge on any atom is -0.390 e. The smallest absolute Gasteiger partial charge is 0.0896 e. The van der Waals surface area contributed by atoms with Crippen molar-refractivity contribution in [1.29, 1.82) is 0 Å². The van der Waals surface area contributed by atoms with E-state index in [2.05, 4.69) is 18.7 Å². The van der Waals surface area contributed by atoms with Gasteiger partial charge in [0.25, 0.3) is 0 Å². The Morgan fingerprint density at radius 2 is 1.95 bits per heavy atom. The van der Waals surface area contributed by atoms with Crippen LogP contribution < -0.4 is 0 Å². The van der Waals surface area contributed by atoms with Gasteiger partial charge >= 0.3 is 0 Å². The van der Waals surface area contributed by atoms with Gasteiger partial charge < -0.3 is 19.5 Å². The van der Waals surface area contributed by atoms with Crippen molar-refractivity contribution in [2.75, 3.05) is 33.4 Å². The van der Waals surface area contributed by atoms with Gasteiger partial charge in [-0.1, -0.05) is 0 Å². The number of aliphatic hydroxyl groups is 1. The van der Waals surface area contributed by atoms with Crippen LogP contribution in [0.2, 0.25) is 0 Å². The van der Waals surface area contributed by atoms with Gasteiger partial charge in [0.2, 0.25) is 0 Å². The topological polar surface area (TPSA) is 41.9 Å². The molecule has 0 saturated carbocycles. The van der Waals surface area contributed by atoms with Crippen LogP contribution in [0.4, 0.5) is 0 Å². The molecule has 0 bridgehead atoms. The van der Waals surface area contributed by atoms with Crippen molar-refractivity contribution in [3.8, 4) is 0 Å². The quantitative estimate of drug-likeness (QED) is 0.842. The molecule has 2 aliphatic heterocycles. The highest BCUT2D eigenvalue weighted by Crippen LogP contribution is 2.42. The summed E-state index contributed by atoms with van der Waals surface area (Å²) in [6, 6.07) is 0. The molecule has 0 spiro atoms. The molecule has 2 fully saturated rings. The number of methoxy groups -OCH3 is 1. The summed E-state index contributed by atoms with van der Waals surface area (Å²) in [6.07, 6.45) is 0.797. The third-order valence-corrected chi connectivity index (χ3v) is 4.74. The zero-order valence-electron chi connectivity index (χ0n) is 13.0. The van der Waals surface area contributed by atoms with Gasteiger partial charge in [-0.2, -0.15) is 0 Å². The van der Waals surface area contributed by atoms with E-state index in [1.54, 1.807) is 7.11 Å². The van der Waals surface area contributed by atoms with Gasteiger partial charge in [-0.25, -0.2) is 0 Å². The van der Waals surface area contributed by atoms with E-state index >= 15 is 0 Å². The average Bonchev–Trinajstić information content (AvgIpc) is 2.76. The maximum absolute atomic E-state index is 10.5. The molecule has 19 heavy (non-hydrogen) atoms. The summed E-state index contributed by atoms with van der Waals surface area (Å²) in [6.45, 7) is 12.1. The van der Waals surface area contributed by atoms with Gasteiger partial charge in [0, 0.05) is 26.1 Å². The molecule has 3 atom stereocenters. The van der Waals surface area contributed by atoms with E-state index in [1.165, 1.54) is 6.42 Å². The first-order chi connectivity index (χ1) is 8.76. The van der Waals surface area contributed by atoms with Crippen molar-refractivity contribution in [3.05, 3.63) is 0 Å². The largest absolute Gasteiger partial charge is 0.390 e. The third-order valence-electron chi connectivity index (χ3n) is 4.74. The third kappa shape index (κ3) is 3.13. The molecule has 4 nitrogen and oxygen atoms in total. The fourth-order valence-corrected chi connectivity index (χ4v) is 3.73. The first-order valence-electron chi connectivity index (χ1n) is 7.36. The maximum Gasteiger partial charge on any atom is 0.0896 e. The Bertz CT molecular complexity index is 317. The number of likely N-dealkylation sites (tertiary alicyclic amines) is 1. The van der Waals surface area contributed by atoms with Crippen molar-refractivity contribution < 1.29 is 14.6 Å². The summed E-state index contributed by atoms with van der Waals surface area (Å²) in [5, 5.41) is 10.5. The lowest BCUT2D eigenvalue weighted by Gasteiger charge is -2.30. The van der Waals surface area contributed by atoms with Crippen molar-refractivity contribution in [2.45, 2.75) is 51.4 Å². The highest BCUT2D eigenvalue weighted by atomic mass is 16.5. The molecule has 2 rings (SSSR count). The number of hydrogen-bond donors (Lipinski definition) is 1. The number of aliphatic hydroxyl groups excluding tert-OH is 1. The van der Waals surface area contributed by atoms with E-state index in [4.69, 9.17) is 9.47 Å². The highest BCUT2D eigenvalue weighted by molar-refractivity contribution is 5.02. The van der Waals surface area contributed by atoms with Gasteiger partial charge in [-0.15, -0.1) is 0 Å². The molecule has 112 valence electrons. The normalized spacial score (nSPS) is 37.9. The summed E-state index contributed by atoms with van der Waals surface area (Å²) in [4.78, 5) is 2.45. The number of rotatable bonds is 4. The standard InChI is InChI=1S/C15H29NO3/c1-14(2)12(13(17)15(3,4)19-14)9-16-7-6-11(8-16)10-18-5/h11-13,17H,6-10H2,1-5H3. The summed E-state index contributed by atoms with van der Waals surface area (Å²) in [5.74, 6) is 0.810. The second-order valence-electron chi connectivity index (χ2n) is 7.23. The Labute approximate surface area is 117 Å². The lowest BCUT2D eigenvalue weighted by atomic mass is 9.84. The zero-order valence-corrected chi connectivity index (χ0v) is 13.0. The fourth-order valence-electron chi connectivity index (χ4n) is 3.73. The van der Waals surface area contributed by atoms with Gasteiger partial charge in [-0.05, 0) is 46.6 Å². The number of ether oxygens (including phenoxy) is 2. The van der Waals surface area contributed by atoms with Crippen LogP contribution in [-0.2, 0) is 9.47 Å². The van der Waals surface area contributed by atoms with Gasteiger partial charge in [0.1, 0.15) is 0 Å².